The molecule has 0 aromatic heterocycles. The average molecular weight is 237 g/mol. The first-order valence-corrected chi connectivity index (χ1v) is 6.13. The van der Waals surface area contributed by atoms with Crippen LogP contribution in [0.3, 0.4) is 0 Å². The maximum Gasteiger partial charge on any atom is 0.122 e. The number of aryl methyl sites for hydroxylation is 1. The fourth-order valence-electron chi connectivity index (χ4n) is 1.84. The second-order valence-corrected chi connectivity index (χ2v) is 4.66. The molecule has 1 unspecified atom stereocenters. The molecule has 1 aromatic rings. The number of aliphatic hydroxyl groups excluding tert-OH is 1. The van der Waals surface area contributed by atoms with Crippen LogP contribution >= 0.6 is 0 Å². The molecule has 1 rings (SSSR count). The Balaban J connectivity index is 2.78. The molecule has 1 atom stereocenters. The first-order chi connectivity index (χ1) is 8.08. The molecule has 0 spiro atoms. The molecule has 0 heterocycles. The van der Waals surface area contributed by atoms with E-state index in [2.05, 4.69) is 19.9 Å². The van der Waals surface area contributed by atoms with Gasteiger partial charge in [0.1, 0.15) is 5.75 Å². The maximum absolute atomic E-state index is 9.45. The third-order valence-electron chi connectivity index (χ3n) is 2.95. The predicted octanol–water partition coefficient (Wildman–Crippen LogP) is 2.07. The smallest absolute Gasteiger partial charge is 0.122 e. The van der Waals surface area contributed by atoms with E-state index in [4.69, 9.17) is 10.5 Å². The van der Waals surface area contributed by atoms with Gasteiger partial charge in [-0.25, -0.2) is 0 Å². The number of methoxy groups -OCH3 is 1. The van der Waals surface area contributed by atoms with Gasteiger partial charge in [-0.2, -0.15) is 0 Å². The molecule has 96 valence electrons. The van der Waals surface area contributed by atoms with Crippen LogP contribution in [0.1, 0.15) is 37.3 Å². The Morgan fingerprint density at radius 1 is 1.35 bits per heavy atom. The van der Waals surface area contributed by atoms with Crippen LogP contribution in [0.15, 0.2) is 18.2 Å². The van der Waals surface area contributed by atoms with Gasteiger partial charge in [0.15, 0.2) is 0 Å². The van der Waals surface area contributed by atoms with Crippen LogP contribution in [0.5, 0.6) is 5.75 Å². The molecule has 0 aliphatic rings. The number of rotatable bonds is 6. The lowest BCUT2D eigenvalue weighted by Gasteiger charge is -2.14. The highest BCUT2D eigenvalue weighted by molar-refractivity contribution is 5.39. The van der Waals surface area contributed by atoms with E-state index in [9.17, 15) is 5.11 Å². The van der Waals surface area contributed by atoms with Crippen molar-refractivity contribution in [3.8, 4) is 5.75 Å². The standard InChI is InChI=1S/C14H23NO2/c1-10(2)13-8-11(4-6-12(16)9-15)5-7-14(13)17-3/h5,7-8,10,12,16H,4,6,9,15H2,1-3H3. The number of hydrogen-bond donors (Lipinski definition) is 2. The summed E-state index contributed by atoms with van der Waals surface area (Å²) in [6.07, 6.45) is 1.15. The van der Waals surface area contributed by atoms with E-state index in [1.165, 1.54) is 11.1 Å². The van der Waals surface area contributed by atoms with Gasteiger partial charge in [0, 0.05) is 6.54 Å². The van der Waals surface area contributed by atoms with Gasteiger partial charge in [-0.15, -0.1) is 0 Å². The Morgan fingerprint density at radius 2 is 2.06 bits per heavy atom. The second kappa shape index (κ2) is 6.62. The minimum atomic E-state index is -0.403. The largest absolute Gasteiger partial charge is 0.496 e. The van der Waals surface area contributed by atoms with Crippen molar-refractivity contribution in [3.05, 3.63) is 29.3 Å². The zero-order chi connectivity index (χ0) is 12.8. The normalized spacial score (nSPS) is 12.8. The van der Waals surface area contributed by atoms with Crippen molar-refractivity contribution in [2.75, 3.05) is 13.7 Å². The Hall–Kier alpha value is -1.06. The van der Waals surface area contributed by atoms with Crippen LogP contribution < -0.4 is 10.5 Å². The molecule has 0 aliphatic heterocycles. The zero-order valence-corrected chi connectivity index (χ0v) is 10.9. The van der Waals surface area contributed by atoms with E-state index in [0.717, 1.165) is 12.2 Å². The van der Waals surface area contributed by atoms with Crippen LogP contribution in [0.2, 0.25) is 0 Å². The molecule has 0 fully saturated rings. The minimum absolute atomic E-state index is 0.327. The topological polar surface area (TPSA) is 55.5 Å². The van der Waals surface area contributed by atoms with Crippen LogP contribution in [-0.2, 0) is 6.42 Å². The van der Waals surface area contributed by atoms with Crippen LogP contribution in [-0.4, -0.2) is 24.9 Å². The summed E-state index contributed by atoms with van der Waals surface area (Å²) in [5, 5.41) is 9.45. The summed E-state index contributed by atoms with van der Waals surface area (Å²) in [5.41, 5.74) is 7.83. The summed E-state index contributed by atoms with van der Waals surface area (Å²) >= 11 is 0. The number of aliphatic hydroxyl groups is 1. The van der Waals surface area contributed by atoms with E-state index < -0.39 is 6.10 Å². The molecular formula is C14H23NO2. The molecule has 0 amide bonds. The van der Waals surface area contributed by atoms with Crippen molar-refractivity contribution in [1.82, 2.24) is 0 Å². The number of ether oxygens (including phenoxy) is 1. The quantitative estimate of drug-likeness (QED) is 0.796. The van der Waals surface area contributed by atoms with Gasteiger partial charge in [-0.05, 0) is 36.0 Å². The predicted molar refractivity (Wildman–Crippen MR) is 70.5 cm³/mol. The lowest BCUT2D eigenvalue weighted by Crippen LogP contribution is -2.20. The molecule has 3 heteroatoms. The fraction of sp³-hybridized carbons (Fsp3) is 0.571. The molecule has 0 radical (unpaired) electrons. The second-order valence-electron chi connectivity index (χ2n) is 4.66. The molecule has 0 saturated carbocycles. The van der Waals surface area contributed by atoms with Gasteiger partial charge in [-0.1, -0.05) is 26.0 Å². The van der Waals surface area contributed by atoms with Gasteiger partial charge in [-0.3, -0.25) is 0 Å². The van der Waals surface area contributed by atoms with E-state index in [1.54, 1.807) is 7.11 Å². The van der Waals surface area contributed by atoms with E-state index in [0.29, 0.717) is 18.9 Å². The average Bonchev–Trinajstić information content (AvgIpc) is 2.35. The van der Waals surface area contributed by atoms with Gasteiger partial charge >= 0.3 is 0 Å². The van der Waals surface area contributed by atoms with Crippen molar-refractivity contribution >= 4 is 0 Å². The summed E-state index contributed by atoms with van der Waals surface area (Å²) in [6, 6.07) is 6.21. The fourth-order valence-corrected chi connectivity index (χ4v) is 1.84. The van der Waals surface area contributed by atoms with E-state index in [-0.39, 0.29) is 0 Å². The summed E-state index contributed by atoms with van der Waals surface area (Å²) in [6.45, 7) is 4.62. The summed E-state index contributed by atoms with van der Waals surface area (Å²) in [5.74, 6) is 1.37. The van der Waals surface area contributed by atoms with Crippen LogP contribution in [0.25, 0.3) is 0 Å². The molecule has 0 aliphatic carbocycles. The van der Waals surface area contributed by atoms with Gasteiger partial charge < -0.3 is 15.6 Å². The van der Waals surface area contributed by atoms with Gasteiger partial charge in [0.25, 0.3) is 0 Å². The highest BCUT2D eigenvalue weighted by Gasteiger charge is 2.09. The highest BCUT2D eigenvalue weighted by atomic mass is 16.5. The first-order valence-electron chi connectivity index (χ1n) is 6.13. The third-order valence-corrected chi connectivity index (χ3v) is 2.95. The minimum Gasteiger partial charge on any atom is -0.496 e. The number of nitrogens with two attached hydrogens (primary N) is 1. The molecule has 0 bridgehead atoms. The van der Waals surface area contributed by atoms with Crippen molar-refractivity contribution in [3.63, 3.8) is 0 Å². The summed E-state index contributed by atoms with van der Waals surface area (Å²) < 4.78 is 5.34. The van der Waals surface area contributed by atoms with E-state index >= 15 is 0 Å². The monoisotopic (exact) mass is 237 g/mol. The van der Waals surface area contributed by atoms with Gasteiger partial charge in [0.2, 0.25) is 0 Å². The molecule has 17 heavy (non-hydrogen) atoms. The number of benzene rings is 1. The third kappa shape index (κ3) is 4.02. The SMILES string of the molecule is COc1ccc(CCC(O)CN)cc1C(C)C. The molecular weight excluding hydrogens is 214 g/mol. The Kier molecular flexibility index (Phi) is 5.45. The number of hydrogen-bond acceptors (Lipinski definition) is 3. The summed E-state index contributed by atoms with van der Waals surface area (Å²) in [7, 11) is 1.69. The van der Waals surface area contributed by atoms with Crippen molar-refractivity contribution in [2.45, 2.75) is 38.7 Å². The van der Waals surface area contributed by atoms with Crippen LogP contribution in [0.4, 0.5) is 0 Å². The van der Waals surface area contributed by atoms with Crippen LogP contribution in [0, 0.1) is 0 Å². The maximum atomic E-state index is 9.45. The van der Waals surface area contributed by atoms with Crippen molar-refractivity contribution < 1.29 is 9.84 Å². The lowest BCUT2D eigenvalue weighted by atomic mass is 9.97. The molecule has 0 saturated heterocycles. The van der Waals surface area contributed by atoms with Gasteiger partial charge in [0.05, 0.1) is 13.2 Å². The Bertz CT molecular complexity index is 350. The Morgan fingerprint density at radius 3 is 2.59 bits per heavy atom. The van der Waals surface area contributed by atoms with Crippen molar-refractivity contribution in [1.29, 1.82) is 0 Å². The highest BCUT2D eigenvalue weighted by Crippen LogP contribution is 2.27. The molecule has 3 nitrogen and oxygen atoms in total. The summed E-state index contributed by atoms with van der Waals surface area (Å²) in [4.78, 5) is 0. The Labute approximate surface area is 104 Å². The molecule has 1 aromatic carbocycles. The molecule has 3 N–H and O–H groups in total. The van der Waals surface area contributed by atoms with Crippen molar-refractivity contribution in [2.24, 2.45) is 5.73 Å². The van der Waals surface area contributed by atoms with E-state index in [1.807, 2.05) is 12.1 Å². The first kappa shape index (κ1) is 14.0. The zero-order valence-electron chi connectivity index (χ0n) is 10.9. The lowest BCUT2D eigenvalue weighted by molar-refractivity contribution is 0.173.